The summed E-state index contributed by atoms with van der Waals surface area (Å²) in [4.78, 5) is 17.7. The average molecular weight is 388 g/mol. The van der Waals surface area contributed by atoms with Crippen molar-refractivity contribution in [3.05, 3.63) is 23.5 Å². The van der Waals surface area contributed by atoms with E-state index in [1.54, 1.807) is 32.9 Å². The number of rotatable bonds is 3. The van der Waals surface area contributed by atoms with Crippen molar-refractivity contribution < 1.29 is 27.4 Å². The zero-order chi connectivity index (χ0) is 20.4. The van der Waals surface area contributed by atoms with Gasteiger partial charge in [-0.1, -0.05) is 0 Å². The van der Waals surface area contributed by atoms with Crippen LogP contribution < -0.4 is 4.74 Å². The lowest BCUT2D eigenvalue weighted by atomic mass is 9.89. The van der Waals surface area contributed by atoms with Crippen molar-refractivity contribution in [2.24, 2.45) is 11.8 Å². The number of aromatic nitrogens is 1. The zero-order valence-corrected chi connectivity index (χ0v) is 16.4. The molecule has 2 heterocycles. The lowest BCUT2D eigenvalue weighted by molar-refractivity contribution is -0.191. The number of pyridine rings is 1. The number of likely N-dealkylation sites (tertiary alicyclic amines) is 1. The summed E-state index contributed by atoms with van der Waals surface area (Å²) in [5.41, 5.74) is 0.787. The second kappa shape index (κ2) is 7.94. The molecule has 1 fully saturated rings. The molecule has 152 valence electrons. The first kappa shape index (κ1) is 21.3. The largest absolute Gasteiger partial charge is 0.493 e. The van der Waals surface area contributed by atoms with E-state index in [1.165, 1.54) is 0 Å². The third-order valence-electron chi connectivity index (χ3n) is 4.19. The third kappa shape index (κ3) is 6.59. The van der Waals surface area contributed by atoms with Crippen LogP contribution in [0, 0.1) is 25.7 Å². The number of hydrogen-bond donors (Lipinski definition) is 0. The predicted molar refractivity (Wildman–Crippen MR) is 94.7 cm³/mol. The molecule has 1 saturated heterocycles. The van der Waals surface area contributed by atoms with Gasteiger partial charge in [-0.15, -0.1) is 0 Å². The van der Waals surface area contributed by atoms with Gasteiger partial charge >= 0.3 is 12.3 Å². The maximum absolute atomic E-state index is 13.3. The quantitative estimate of drug-likeness (QED) is 0.764. The minimum absolute atomic E-state index is 0.0775. The Hall–Kier alpha value is -1.99. The SMILES string of the molecule is Cc1cc(OCC2CC(C(F)(F)F)CN(C(=O)OC(C)(C)C)C2)cc(C)n1. The summed E-state index contributed by atoms with van der Waals surface area (Å²) in [5.74, 6) is -1.46. The van der Waals surface area contributed by atoms with Gasteiger partial charge in [0.05, 0.1) is 12.5 Å². The first-order valence-corrected chi connectivity index (χ1v) is 8.96. The highest BCUT2D eigenvalue weighted by atomic mass is 19.4. The van der Waals surface area contributed by atoms with Crippen molar-refractivity contribution in [3.8, 4) is 5.75 Å². The number of carbonyl (C=O) groups excluding carboxylic acids is 1. The lowest BCUT2D eigenvalue weighted by Gasteiger charge is -2.38. The Balaban J connectivity index is 2.08. The normalized spacial score (nSPS) is 21.1. The monoisotopic (exact) mass is 388 g/mol. The summed E-state index contributed by atoms with van der Waals surface area (Å²) >= 11 is 0. The van der Waals surface area contributed by atoms with Crippen LogP contribution in [0.1, 0.15) is 38.6 Å². The topological polar surface area (TPSA) is 51.7 Å². The van der Waals surface area contributed by atoms with Gasteiger partial charge in [0.15, 0.2) is 0 Å². The molecule has 0 saturated carbocycles. The Morgan fingerprint density at radius 3 is 2.30 bits per heavy atom. The summed E-state index contributed by atoms with van der Waals surface area (Å²) in [6, 6.07) is 3.48. The number of aryl methyl sites for hydroxylation is 2. The fourth-order valence-corrected chi connectivity index (χ4v) is 3.13. The van der Waals surface area contributed by atoms with Gasteiger partial charge in [0.25, 0.3) is 0 Å². The number of alkyl halides is 3. The standard InChI is InChI=1S/C19H27F3N2O3/c1-12-6-16(7-13(2)23-12)26-11-14-8-15(19(20,21)22)10-24(9-14)17(25)27-18(3,4)5/h6-7,14-15H,8-11H2,1-5H3. The van der Waals surface area contributed by atoms with Gasteiger partial charge in [0, 0.05) is 42.5 Å². The van der Waals surface area contributed by atoms with Crippen LogP contribution in [0.4, 0.5) is 18.0 Å². The minimum Gasteiger partial charge on any atom is -0.493 e. The van der Waals surface area contributed by atoms with Crippen LogP contribution in [0.2, 0.25) is 0 Å². The maximum atomic E-state index is 13.3. The summed E-state index contributed by atoms with van der Waals surface area (Å²) < 4.78 is 51.0. The van der Waals surface area contributed by atoms with E-state index in [2.05, 4.69) is 4.98 Å². The van der Waals surface area contributed by atoms with Crippen molar-refractivity contribution in [3.63, 3.8) is 0 Å². The molecule has 5 nitrogen and oxygen atoms in total. The molecule has 1 aromatic heterocycles. The molecule has 0 radical (unpaired) electrons. The molecule has 2 atom stereocenters. The van der Waals surface area contributed by atoms with Crippen LogP contribution >= 0.6 is 0 Å². The maximum Gasteiger partial charge on any atom is 0.410 e. The molecular formula is C19H27F3N2O3. The van der Waals surface area contributed by atoms with Crippen molar-refractivity contribution in [1.82, 2.24) is 9.88 Å². The number of hydrogen-bond acceptors (Lipinski definition) is 4. The third-order valence-corrected chi connectivity index (χ3v) is 4.19. The van der Waals surface area contributed by atoms with Crippen molar-refractivity contribution >= 4 is 6.09 Å². The first-order valence-electron chi connectivity index (χ1n) is 8.96. The van der Waals surface area contributed by atoms with Crippen LogP contribution in [-0.2, 0) is 4.74 Å². The van der Waals surface area contributed by atoms with Crippen LogP contribution in [0.3, 0.4) is 0 Å². The molecule has 1 aliphatic heterocycles. The predicted octanol–water partition coefficient (Wildman–Crippen LogP) is 4.51. The van der Waals surface area contributed by atoms with Gasteiger partial charge < -0.3 is 14.4 Å². The molecule has 1 amide bonds. The molecule has 0 aliphatic carbocycles. The van der Waals surface area contributed by atoms with Crippen LogP contribution in [0.5, 0.6) is 5.75 Å². The second-order valence-corrected chi connectivity index (χ2v) is 8.12. The van der Waals surface area contributed by atoms with E-state index in [4.69, 9.17) is 9.47 Å². The molecular weight excluding hydrogens is 361 g/mol. The number of nitrogens with zero attached hydrogens (tertiary/aromatic N) is 2. The molecule has 1 aliphatic rings. The molecule has 27 heavy (non-hydrogen) atoms. The highest BCUT2D eigenvalue weighted by Gasteiger charge is 2.46. The summed E-state index contributed by atoms with van der Waals surface area (Å²) in [6.07, 6.45) is -5.17. The lowest BCUT2D eigenvalue weighted by Crippen LogP contribution is -2.50. The van der Waals surface area contributed by atoms with E-state index in [0.29, 0.717) is 5.75 Å². The molecule has 2 unspecified atom stereocenters. The van der Waals surface area contributed by atoms with E-state index in [9.17, 15) is 18.0 Å². The van der Waals surface area contributed by atoms with E-state index in [-0.39, 0.29) is 26.1 Å². The molecule has 0 spiro atoms. The molecule has 1 aromatic rings. The fraction of sp³-hybridized carbons (Fsp3) is 0.684. The smallest absolute Gasteiger partial charge is 0.410 e. The highest BCUT2D eigenvalue weighted by Crippen LogP contribution is 2.36. The van der Waals surface area contributed by atoms with Crippen LogP contribution in [0.25, 0.3) is 0 Å². The van der Waals surface area contributed by atoms with Crippen molar-refractivity contribution in [1.29, 1.82) is 0 Å². The molecule has 2 rings (SSSR count). The fourth-order valence-electron chi connectivity index (χ4n) is 3.13. The zero-order valence-electron chi connectivity index (χ0n) is 16.4. The number of amides is 1. The highest BCUT2D eigenvalue weighted by molar-refractivity contribution is 5.68. The van der Waals surface area contributed by atoms with E-state index >= 15 is 0 Å². The summed E-state index contributed by atoms with van der Waals surface area (Å²) in [6.45, 7) is 8.58. The average Bonchev–Trinajstić information content (AvgIpc) is 2.49. The van der Waals surface area contributed by atoms with E-state index in [1.807, 2.05) is 13.8 Å². The van der Waals surface area contributed by atoms with Gasteiger partial charge in [-0.05, 0) is 41.0 Å². The number of carbonyl (C=O) groups is 1. The number of ether oxygens (including phenoxy) is 2. The van der Waals surface area contributed by atoms with Crippen molar-refractivity contribution in [2.75, 3.05) is 19.7 Å². The summed E-state index contributed by atoms with van der Waals surface area (Å²) in [5, 5.41) is 0. The first-order chi connectivity index (χ1) is 12.3. The Bertz CT molecular complexity index is 651. The van der Waals surface area contributed by atoms with Gasteiger partial charge in [0.2, 0.25) is 0 Å². The summed E-state index contributed by atoms with van der Waals surface area (Å²) in [7, 11) is 0. The van der Waals surface area contributed by atoms with Gasteiger partial charge in [-0.3, -0.25) is 4.98 Å². The van der Waals surface area contributed by atoms with Gasteiger partial charge in [-0.2, -0.15) is 13.2 Å². The Labute approximate surface area is 157 Å². The van der Waals surface area contributed by atoms with E-state index < -0.39 is 29.7 Å². The van der Waals surface area contributed by atoms with E-state index in [0.717, 1.165) is 16.3 Å². The molecule has 0 N–H and O–H groups in total. The minimum atomic E-state index is -4.37. The second-order valence-electron chi connectivity index (χ2n) is 8.12. The number of piperidine rings is 1. The van der Waals surface area contributed by atoms with Crippen molar-refractivity contribution in [2.45, 2.75) is 52.8 Å². The molecule has 8 heteroatoms. The van der Waals surface area contributed by atoms with Gasteiger partial charge in [0.1, 0.15) is 11.4 Å². The molecule has 0 bridgehead atoms. The Kier molecular flexibility index (Phi) is 6.27. The number of halogens is 3. The molecule has 0 aromatic carbocycles. The van der Waals surface area contributed by atoms with Crippen LogP contribution in [-0.4, -0.2) is 47.5 Å². The Morgan fingerprint density at radius 2 is 1.78 bits per heavy atom. The Morgan fingerprint density at radius 1 is 1.19 bits per heavy atom. The van der Waals surface area contributed by atoms with Gasteiger partial charge in [-0.25, -0.2) is 4.79 Å². The van der Waals surface area contributed by atoms with Crippen LogP contribution in [0.15, 0.2) is 12.1 Å².